The van der Waals surface area contributed by atoms with Gasteiger partial charge in [0, 0.05) is 68.7 Å². The molecule has 0 spiro atoms. The van der Waals surface area contributed by atoms with Crippen molar-refractivity contribution in [1.29, 1.82) is 5.26 Å². The molecule has 8 heteroatoms. The number of fused-ring (bicyclic) bond motifs is 1. The Morgan fingerprint density at radius 3 is 1.92 bits per heavy atom. The largest absolute Gasteiger partial charge is 0.488 e. The van der Waals surface area contributed by atoms with E-state index in [4.69, 9.17) is 9.68 Å². The maximum absolute atomic E-state index is 9.04. The molecular formula is C41H38IrN6O-2. The summed E-state index contributed by atoms with van der Waals surface area (Å²) in [5.74, 6) is 3.15. The molecule has 0 aliphatic rings. The van der Waals surface area contributed by atoms with Crippen LogP contribution in [0.25, 0.3) is 45.3 Å². The van der Waals surface area contributed by atoms with E-state index in [1.165, 1.54) is 27.9 Å². The average Bonchev–Trinajstić information content (AvgIpc) is 3.84. The molecule has 4 aromatic carbocycles. The Morgan fingerprint density at radius 1 is 0.755 bits per heavy atom. The summed E-state index contributed by atoms with van der Waals surface area (Å²) >= 11 is 0. The second kappa shape index (κ2) is 15.0. The van der Waals surface area contributed by atoms with E-state index in [0.717, 1.165) is 39.6 Å². The molecule has 249 valence electrons. The molecule has 0 N–H and O–H groups in total. The smallest absolute Gasteiger partial charge is 0.180 e. The maximum Gasteiger partial charge on any atom is 0.180 e. The molecule has 0 unspecified atom stereocenters. The van der Waals surface area contributed by atoms with Crippen molar-refractivity contribution >= 4 is 11.1 Å². The van der Waals surface area contributed by atoms with Crippen LogP contribution in [0.4, 0.5) is 0 Å². The number of rotatable bonds is 6. The number of aryl methyl sites for hydroxylation is 3. The number of imidazole rings is 2. The Balaban J connectivity index is 0.000000193. The molecule has 0 aliphatic heterocycles. The molecule has 0 saturated carbocycles. The van der Waals surface area contributed by atoms with Gasteiger partial charge in [-0.05, 0) is 53.5 Å². The Morgan fingerprint density at radius 2 is 1.33 bits per heavy atom. The van der Waals surface area contributed by atoms with Crippen molar-refractivity contribution in [2.24, 2.45) is 0 Å². The molecule has 49 heavy (non-hydrogen) atoms. The van der Waals surface area contributed by atoms with E-state index in [1.807, 2.05) is 49.8 Å². The maximum atomic E-state index is 9.04. The summed E-state index contributed by atoms with van der Waals surface area (Å²) in [6.45, 7) is 15.0. The minimum Gasteiger partial charge on any atom is -0.488 e. The van der Waals surface area contributed by atoms with Crippen LogP contribution >= 0.6 is 0 Å². The van der Waals surface area contributed by atoms with Gasteiger partial charge in [0.1, 0.15) is 0 Å². The predicted octanol–water partition coefficient (Wildman–Crippen LogP) is 9.86. The van der Waals surface area contributed by atoms with Gasteiger partial charge in [0.2, 0.25) is 0 Å². The van der Waals surface area contributed by atoms with Crippen molar-refractivity contribution in [3.63, 3.8) is 0 Å². The van der Waals surface area contributed by atoms with Gasteiger partial charge in [-0.15, -0.1) is 53.6 Å². The van der Waals surface area contributed by atoms with Gasteiger partial charge >= 0.3 is 0 Å². The predicted molar refractivity (Wildman–Crippen MR) is 190 cm³/mol. The number of aromatic nitrogens is 5. The van der Waals surface area contributed by atoms with Crippen LogP contribution in [0, 0.1) is 44.2 Å². The Bertz CT molecular complexity index is 2220. The van der Waals surface area contributed by atoms with Crippen LogP contribution in [0.3, 0.4) is 0 Å². The second-order valence-electron chi connectivity index (χ2n) is 12.5. The molecule has 7 nitrogen and oxygen atoms in total. The van der Waals surface area contributed by atoms with E-state index in [0.29, 0.717) is 23.3 Å². The van der Waals surface area contributed by atoms with Crippen LogP contribution in [0.5, 0.6) is 0 Å². The average molecular weight is 823 g/mol. The van der Waals surface area contributed by atoms with Crippen molar-refractivity contribution in [1.82, 2.24) is 24.1 Å². The summed E-state index contributed by atoms with van der Waals surface area (Å²) in [6.07, 6.45) is 7.60. The molecule has 7 rings (SSSR count). The zero-order chi connectivity index (χ0) is 33.9. The summed E-state index contributed by atoms with van der Waals surface area (Å²) in [5, 5.41) is 9.04. The number of hydrogen-bond acceptors (Lipinski definition) is 5. The Kier molecular flexibility index (Phi) is 10.8. The quantitative estimate of drug-likeness (QED) is 0.156. The van der Waals surface area contributed by atoms with Crippen molar-refractivity contribution in [2.75, 3.05) is 0 Å². The van der Waals surface area contributed by atoms with E-state index in [1.54, 1.807) is 18.3 Å². The Labute approximate surface area is 301 Å². The van der Waals surface area contributed by atoms with Crippen LogP contribution in [0.2, 0.25) is 0 Å². The third-order valence-electron chi connectivity index (χ3n) is 8.39. The normalized spacial score (nSPS) is 10.9. The standard InChI is InChI=1S/C23H24N3O.C18H14N3.Ir/c1-14(2)18-7-6-8-19(15(3)4)22(18)26-12-11-24-23(26)17-9-10-21-20(13-17)25-16(5)27-21;1-13-5-3-6-14(2)17(13)21-10-9-20-18(21)16-8-4-7-15(11-16)12-19;/h6-8,10-15H,1-5H3;3-7,9-11H,1-2H3;/q2*-1;. The van der Waals surface area contributed by atoms with E-state index in [2.05, 4.69) is 114 Å². The minimum absolute atomic E-state index is 0. The van der Waals surface area contributed by atoms with E-state index in [9.17, 15) is 0 Å². The van der Waals surface area contributed by atoms with Gasteiger partial charge in [-0.2, -0.15) is 5.26 Å². The summed E-state index contributed by atoms with van der Waals surface area (Å²) in [6, 6.07) is 30.6. The SMILES string of the molecule is Cc1cccc(C)c1-n1ccnc1-c1[c-]ccc(C#N)c1.Cc1nc2cc(-c3nccn3-c3c(C(C)C)cccc3C(C)C)[c-]cc2o1.[Ir]. The molecule has 3 aromatic heterocycles. The summed E-state index contributed by atoms with van der Waals surface area (Å²) in [7, 11) is 0. The van der Waals surface area contributed by atoms with Gasteiger partial charge in [0.15, 0.2) is 5.89 Å². The first-order chi connectivity index (χ1) is 23.2. The summed E-state index contributed by atoms with van der Waals surface area (Å²) in [4.78, 5) is 13.5. The van der Waals surface area contributed by atoms with Gasteiger partial charge in [-0.25, -0.2) is 4.98 Å². The van der Waals surface area contributed by atoms with Crippen LogP contribution in [0.1, 0.15) is 73.2 Å². The number of nitrogens with zero attached hydrogens (tertiary/aromatic N) is 6. The van der Waals surface area contributed by atoms with Crippen LogP contribution < -0.4 is 0 Å². The van der Waals surface area contributed by atoms with Crippen LogP contribution in [0.15, 0.2) is 95.9 Å². The number of para-hydroxylation sites is 2. The van der Waals surface area contributed by atoms with Gasteiger partial charge < -0.3 is 13.6 Å². The third kappa shape index (κ3) is 7.19. The molecule has 0 atom stereocenters. The topological polar surface area (TPSA) is 85.5 Å². The second-order valence-corrected chi connectivity index (χ2v) is 12.5. The number of nitriles is 1. The zero-order valence-corrected chi connectivity index (χ0v) is 31.1. The van der Waals surface area contributed by atoms with Gasteiger partial charge in [0.05, 0.1) is 23.3 Å². The number of benzene rings is 4. The molecule has 1 radical (unpaired) electrons. The molecule has 3 heterocycles. The van der Waals surface area contributed by atoms with E-state index < -0.39 is 0 Å². The zero-order valence-electron chi connectivity index (χ0n) is 28.7. The fourth-order valence-electron chi connectivity index (χ4n) is 6.12. The van der Waals surface area contributed by atoms with Crippen molar-refractivity contribution in [3.05, 3.63) is 137 Å². The Hall–Kier alpha value is -5.09. The van der Waals surface area contributed by atoms with E-state index >= 15 is 0 Å². The third-order valence-corrected chi connectivity index (χ3v) is 8.39. The summed E-state index contributed by atoms with van der Waals surface area (Å²) in [5.41, 5.74) is 11.3. The monoisotopic (exact) mass is 823 g/mol. The first-order valence-corrected chi connectivity index (χ1v) is 16.1. The molecule has 0 saturated heterocycles. The first-order valence-electron chi connectivity index (χ1n) is 16.1. The van der Waals surface area contributed by atoms with Gasteiger partial charge in [-0.1, -0.05) is 64.1 Å². The molecule has 0 amide bonds. The fourth-order valence-corrected chi connectivity index (χ4v) is 6.12. The molecule has 0 aliphatic carbocycles. The van der Waals surface area contributed by atoms with Crippen molar-refractivity contribution in [3.8, 4) is 40.2 Å². The van der Waals surface area contributed by atoms with Gasteiger partial charge in [-0.3, -0.25) is 9.97 Å². The molecule has 0 bridgehead atoms. The van der Waals surface area contributed by atoms with Gasteiger partial charge in [0.25, 0.3) is 0 Å². The molecular weight excluding hydrogens is 785 g/mol. The van der Waals surface area contributed by atoms with Crippen LogP contribution in [-0.2, 0) is 20.1 Å². The molecule has 7 aromatic rings. The van der Waals surface area contributed by atoms with Crippen molar-refractivity contribution in [2.45, 2.75) is 60.3 Å². The first kappa shape index (κ1) is 35.2. The van der Waals surface area contributed by atoms with E-state index in [-0.39, 0.29) is 20.1 Å². The number of oxazole rings is 1. The minimum atomic E-state index is 0. The summed E-state index contributed by atoms with van der Waals surface area (Å²) < 4.78 is 9.83. The van der Waals surface area contributed by atoms with Crippen molar-refractivity contribution < 1.29 is 24.5 Å². The fraction of sp³-hybridized carbons (Fsp3) is 0.220. The van der Waals surface area contributed by atoms with Crippen LogP contribution in [-0.4, -0.2) is 24.1 Å². The number of hydrogen-bond donors (Lipinski definition) is 0. The molecule has 0 fully saturated rings.